The fourth-order valence-corrected chi connectivity index (χ4v) is 2.37. The van der Waals surface area contributed by atoms with E-state index in [1.807, 2.05) is 11.6 Å². The second kappa shape index (κ2) is 5.82. The van der Waals surface area contributed by atoms with E-state index in [4.69, 9.17) is 4.74 Å². The van der Waals surface area contributed by atoms with Crippen molar-refractivity contribution >= 4 is 0 Å². The summed E-state index contributed by atoms with van der Waals surface area (Å²) >= 11 is 0. The van der Waals surface area contributed by atoms with Gasteiger partial charge in [0.25, 0.3) is 0 Å². The topological polar surface area (TPSA) is 59.3 Å². The molecule has 1 aliphatic heterocycles. The molecule has 0 unspecified atom stereocenters. The molecule has 5 nitrogen and oxygen atoms in total. The number of aryl methyl sites for hydroxylation is 2. The van der Waals surface area contributed by atoms with E-state index >= 15 is 0 Å². The van der Waals surface area contributed by atoms with Crippen LogP contribution < -0.4 is 5.32 Å². The molecule has 0 bridgehead atoms. The SMILES string of the molecule is CCn1nc(C)cc1CNCC1(O)CCOCC1. The Morgan fingerprint density at radius 2 is 2.22 bits per heavy atom. The first-order chi connectivity index (χ1) is 8.63. The molecule has 0 saturated carbocycles. The summed E-state index contributed by atoms with van der Waals surface area (Å²) in [5, 5.41) is 18.1. The van der Waals surface area contributed by atoms with E-state index in [0.717, 1.165) is 18.8 Å². The highest BCUT2D eigenvalue weighted by Gasteiger charge is 2.29. The number of rotatable bonds is 5. The van der Waals surface area contributed by atoms with Crippen molar-refractivity contribution in [3.8, 4) is 0 Å². The lowest BCUT2D eigenvalue weighted by Gasteiger charge is -2.32. The maximum atomic E-state index is 10.3. The Morgan fingerprint density at radius 3 is 2.89 bits per heavy atom. The molecule has 18 heavy (non-hydrogen) atoms. The van der Waals surface area contributed by atoms with Crippen LogP contribution in [-0.2, 0) is 17.8 Å². The van der Waals surface area contributed by atoms with Gasteiger partial charge < -0.3 is 15.2 Å². The normalized spacial score (nSPS) is 19.1. The molecule has 0 aliphatic carbocycles. The molecule has 0 radical (unpaired) electrons. The first kappa shape index (κ1) is 13.5. The molecule has 0 amide bonds. The standard InChI is InChI=1S/C13H23N3O2/c1-3-16-12(8-11(2)15-16)9-14-10-13(17)4-6-18-7-5-13/h8,14,17H,3-7,9-10H2,1-2H3. The molecule has 0 aromatic carbocycles. The van der Waals surface area contributed by atoms with Crippen LogP contribution in [0.4, 0.5) is 0 Å². The predicted octanol–water partition coefficient (Wildman–Crippen LogP) is 0.843. The minimum atomic E-state index is -0.607. The summed E-state index contributed by atoms with van der Waals surface area (Å²) in [7, 11) is 0. The zero-order valence-electron chi connectivity index (χ0n) is 11.3. The van der Waals surface area contributed by atoms with Gasteiger partial charge in [0.2, 0.25) is 0 Å². The summed E-state index contributed by atoms with van der Waals surface area (Å²) in [5.41, 5.74) is 1.61. The molecule has 102 valence electrons. The minimum absolute atomic E-state index is 0.607. The first-order valence-electron chi connectivity index (χ1n) is 6.67. The van der Waals surface area contributed by atoms with Gasteiger partial charge in [0, 0.05) is 45.7 Å². The quantitative estimate of drug-likeness (QED) is 0.816. The van der Waals surface area contributed by atoms with Gasteiger partial charge in [-0.2, -0.15) is 5.10 Å². The van der Waals surface area contributed by atoms with Gasteiger partial charge in [-0.05, 0) is 19.9 Å². The Bertz CT molecular complexity index is 384. The Morgan fingerprint density at radius 1 is 1.50 bits per heavy atom. The van der Waals surface area contributed by atoms with E-state index < -0.39 is 5.60 Å². The van der Waals surface area contributed by atoms with E-state index in [1.165, 1.54) is 5.69 Å². The van der Waals surface area contributed by atoms with E-state index in [-0.39, 0.29) is 0 Å². The second-order valence-electron chi connectivity index (χ2n) is 5.03. The number of hydrogen-bond acceptors (Lipinski definition) is 4. The Hall–Kier alpha value is -0.910. The highest BCUT2D eigenvalue weighted by atomic mass is 16.5. The summed E-state index contributed by atoms with van der Waals surface area (Å²) < 4.78 is 7.26. The number of hydrogen-bond donors (Lipinski definition) is 2. The summed E-state index contributed by atoms with van der Waals surface area (Å²) in [4.78, 5) is 0. The van der Waals surface area contributed by atoms with Gasteiger partial charge in [-0.3, -0.25) is 4.68 Å². The van der Waals surface area contributed by atoms with Gasteiger partial charge >= 0.3 is 0 Å². The van der Waals surface area contributed by atoms with E-state index in [1.54, 1.807) is 0 Å². The van der Waals surface area contributed by atoms with Gasteiger partial charge in [0.15, 0.2) is 0 Å². The fourth-order valence-electron chi connectivity index (χ4n) is 2.37. The largest absolute Gasteiger partial charge is 0.388 e. The van der Waals surface area contributed by atoms with Crippen molar-refractivity contribution in [2.45, 2.75) is 45.4 Å². The fraction of sp³-hybridized carbons (Fsp3) is 0.769. The van der Waals surface area contributed by atoms with Gasteiger partial charge in [0.05, 0.1) is 17.0 Å². The van der Waals surface area contributed by atoms with Crippen molar-refractivity contribution in [2.75, 3.05) is 19.8 Å². The van der Waals surface area contributed by atoms with Gasteiger partial charge in [-0.25, -0.2) is 0 Å². The molecule has 2 N–H and O–H groups in total. The van der Waals surface area contributed by atoms with Crippen molar-refractivity contribution in [1.29, 1.82) is 0 Å². The highest BCUT2D eigenvalue weighted by molar-refractivity contribution is 5.08. The van der Waals surface area contributed by atoms with Crippen LogP contribution in [0.5, 0.6) is 0 Å². The zero-order chi connectivity index (χ0) is 13.0. The maximum absolute atomic E-state index is 10.3. The van der Waals surface area contributed by atoms with Crippen molar-refractivity contribution in [1.82, 2.24) is 15.1 Å². The average Bonchev–Trinajstić information content (AvgIpc) is 2.70. The first-order valence-corrected chi connectivity index (χ1v) is 6.67. The van der Waals surface area contributed by atoms with E-state index in [9.17, 15) is 5.11 Å². The average molecular weight is 253 g/mol. The molecule has 1 aromatic heterocycles. The molecule has 0 spiro atoms. The molecule has 5 heteroatoms. The van der Waals surface area contributed by atoms with Crippen LogP contribution in [0.3, 0.4) is 0 Å². The van der Waals surface area contributed by atoms with Crippen molar-refractivity contribution in [3.05, 3.63) is 17.5 Å². The van der Waals surface area contributed by atoms with Crippen LogP contribution in [0.15, 0.2) is 6.07 Å². The smallest absolute Gasteiger partial charge is 0.0815 e. The van der Waals surface area contributed by atoms with E-state index in [0.29, 0.717) is 32.6 Å². The number of aromatic nitrogens is 2. The van der Waals surface area contributed by atoms with Crippen molar-refractivity contribution < 1.29 is 9.84 Å². The second-order valence-corrected chi connectivity index (χ2v) is 5.03. The summed E-state index contributed by atoms with van der Waals surface area (Å²) in [5.74, 6) is 0. The molecular formula is C13H23N3O2. The van der Waals surface area contributed by atoms with Gasteiger partial charge in [0.1, 0.15) is 0 Å². The summed E-state index contributed by atoms with van der Waals surface area (Å²) in [6.07, 6.45) is 1.43. The van der Waals surface area contributed by atoms with E-state index in [2.05, 4.69) is 23.4 Å². The highest BCUT2D eigenvalue weighted by Crippen LogP contribution is 2.19. The molecular weight excluding hydrogens is 230 g/mol. The zero-order valence-corrected chi connectivity index (χ0v) is 11.3. The van der Waals surface area contributed by atoms with Crippen molar-refractivity contribution in [2.24, 2.45) is 0 Å². The molecule has 0 atom stereocenters. The van der Waals surface area contributed by atoms with Crippen LogP contribution in [-0.4, -0.2) is 40.2 Å². The molecule has 2 heterocycles. The van der Waals surface area contributed by atoms with Gasteiger partial charge in [-0.15, -0.1) is 0 Å². The molecule has 1 fully saturated rings. The van der Waals surface area contributed by atoms with Crippen LogP contribution in [0.1, 0.15) is 31.2 Å². The Labute approximate surface area is 108 Å². The molecule has 2 rings (SSSR count). The Balaban J connectivity index is 1.84. The Kier molecular flexibility index (Phi) is 4.37. The lowest BCUT2D eigenvalue weighted by molar-refractivity contribution is -0.0617. The molecule has 1 aliphatic rings. The predicted molar refractivity (Wildman–Crippen MR) is 69.3 cm³/mol. The molecule has 1 aromatic rings. The number of nitrogens with one attached hydrogen (secondary N) is 1. The lowest BCUT2D eigenvalue weighted by atomic mass is 9.94. The number of ether oxygens (including phenoxy) is 1. The van der Waals surface area contributed by atoms with Crippen LogP contribution >= 0.6 is 0 Å². The van der Waals surface area contributed by atoms with Crippen LogP contribution in [0.2, 0.25) is 0 Å². The third-order valence-electron chi connectivity index (χ3n) is 3.47. The maximum Gasteiger partial charge on any atom is 0.0815 e. The van der Waals surface area contributed by atoms with Crippen LogP contribution in [0, 0.1) is 6.92 Å². The minimum Gasteiger partial charge on any atom is -0.388 e. The van der Waals surface area contributed by atoms with Crippen molar-refractivity contribution in [3.63, 3.8) is 0 Å². The monoisotopic (exact) mass is 253 g/mol. The third kappa shape index (κ3) is 3.31. The van der Waals surface area contributed by atoms with Crippen LogP contribution in [0.25, 0.3) is 0 Å². The summed E-state index contributed by atoms with van der Waals surface area (Å²) in [6.45, 7) is 7.64. The number of aliphatic hydroxyl groups is 1. The number of nitrogens with zero attached hydrogens (tertiary/aromatic N) is 2. The lowest BCUT2D eigenvalue weighted by Crippen LogP contribution is -2.44. The summed E-state index contributed by atoms with van der Waals surface area (Å²) in [6, 6.07) is 2.09. The third-order valence-corrected chi connectivity index (χ3v) is 3.47. The van der Waals surface area contributed by atoms with Gasteiger partial charge in [-0.1, -0.05) is 0 Å². The molecule has 1 saturated heterocycles.